The van der Waals surface area contributed by atoms with Crippen molar-refractivity contribution < 1.29 is 9.53 Å². The van der Waals surface area contributed by atoms with Crippen LogP contribution in [0.5, 0.6) is 5.75 Å². The maximum absolute atomic E-state index is 12.6. The highest BCUT2D eigenvalue weighted by Gasteiger charge is 2.18. The summed E-state index contributed by atoms with van der Waals surface area (Å²) >= 11 is 0. The molecule has 0 unspecified atom stereocenters. The van der Waals surface area contributed by atoms with Gasteiger partial charge in [-0.15, -0.1) is 0 Å². The minimum Gasteiger partial charge on any atom is -0.494 e. The van der Waals surface area contributed by atoms with Gasteiger partial charge < -0.3 is 15.0 Å². The molecule has 0 spiro atoms. The maximum atomic E-state index is 12.6. The summed E-state index contributed by atoms with van der Waals surface area (Å²) in [5, 5.41) is 2.85. The number of piperidine rings is 1. The van der Waals surface area contributed by atoms with Crippen molar-refractivity contribution >= 4 is 17.4 Å². The number of amides is 1. The molecule has 1 aliphatic heterocycles. The second-order valence-electron chi connectivity index (χ2n) is 7.51. The van der Waals surface area contributed by atoms with E-state index in [1.807, 2.05) is 25.1 Å². The van der Waals surface area contributed by atoms with E-state index in [0.717, 1.165) is 24.7 Å². The van der Waals surface area contributed by atoms with Gasteiger partial charge in [-0.3, -0.25) is 9.36 Å². The van der Waals surface area contributed by atoms with Crippen molar-refractivity contribution in [1.29, 1.82) is 0 Å². The molecule has 3 heterocycles. The Balaban J connectivity index is 1.45. The third-order valence-corrected chi connectivity index (χ3v) is 5.12. The third kappa shape index (κ3) is 4.59. The smallest absolute Gasteiger partial charge is 0.275 e. The number of imidazole rings is 1. The van der Waals surface area contributed by atoms with Crippen LogP contribution in [0.25, 0.3) is 5.82 Å². The lowest BCUT2D eigenvalue weighted by Crippen LogP contribution is -2.34. The van der Waals surface area contributed by atoms with Gasteiger partial charge in [-0.25, -0.2) is 15.0 Å². The number of ether oxygens (including phenoxy) is 1. The largest absolute Gasteiger partial charge is 0.494 e. The van der Waals surface area contributed by atoms with Crippen LogP contribution in [-0.4, -0.2) is 45.1 Å². The van der Waals surface area contributed by atoms with Crippen LogP contribution in [0.3, 0.4) is 0 Å². The summed E-state index contributed by atoms with van der Waals surface area (Å²) in [5.74, 6) is 2.73. The lowest BCUT2D eigenvalue weighted by atomic mass is 10.0. The van der Waals surface area contributed by atoms with Gasteiger partial charge in [0.15, 0.2) is 0 Å². The van der Waals surface area contributed by atoms with Gasteiger partial charge in [0.25, 0.3) is 5.91 Å². The number of hydrogen-bond donors (Lipinski definition) is 1. The average Bonchev–Trinajstić information content (AvgIpc) is 3.26. The molecule has 1 atom stereocenters. The maximum Gasteiger partial charge on any atom is 0.275 e. The summed E-state index contributed by atoms with van der Waals surface area (Å²) in [5.41, 5.74) is 0.997. The lowest BCUT2D eigenvalue weighted by molar-refractivity contribution is 0.102. The molecular weight excluding hydrogens is 380 g/mol. The summed E-state index contributed by atoms with van der Waals surface area (Å²) in [6, 6.07) is 9.18. The molecule has 1 aliphatic rings. The van der Waals surface area contributed by atoms with Gasteiger partial charge in [-0.1, -0.05) is 6.92 Å². The van der Waals surface area contributed by atoms with Crippen molar-refractivity contribution in [1.82, 2.24) is 19.5 Å². The molecule has 0 aliphatic carbocycles. The number of nitrogens with zero attached hydrogens (tertiary/aromatic N) is 5. The molecule has 1 aromatic carbocycles. The molecule has 0 radical (unpaired) electrons. The van der Waals surface area contributed by atoms with Crippen molar-refractivity contribution in [2.45, 2.75) is 26.7 Å². The molecule has 0 saturated carbocycles. The number of benzene rings is 1. The quantitative estimate of drug-likeness (QED) is 0.674. The molecule has 1 fully saturated rings. The van der Waals surface area contributed by atoms with Crippen LogP contribution in [-0.2, 0) is 0 Å². The molecule has 0 bridgehead atoms. The summed E-state index contributed by atoms with van der Waals surface area (Å²) < 4.78 is 7.16. The van der Waals surface area contributed by atoms with E-state index in [9.17, 15) is 4.79 Å². The zero-order valence-corrected chi connectivity index (χ0v) is 17.3. The number of anilines is 2. The summed E-state index contributed by atoms with van der Waals surface area (Å²) in [4.78, 5) is 27.9. The molecule has 156 valence electrons. The Morgan fingerprint density at radius 3 is 2.77 bits per heavy atom. The van der Waals surface area contributed by atoms with Crippen LogP contribution < -0.4 is 15.0 Å². The summed E-state index contributed by atoms with van der Waals surface area (Å²) in [6.07, 6.45) is 7.25. The molecule has 1 saturated heterocycles. The molecule has 2 aromatic heterocycles. The Labute approximate surface area is 175 Å². The fraction of sp³-hybridized carbons (Fsp3) is 0.364. The van der Waals surface area contributed by atoms with Gasteiger partial charge in [0, 0.05) is 31.0 Å². The molecule has 3 aromatic rings. The molecule has 8 nitrogen and oxygen atoms in total. The zero-order valence-electron chi connectivity index (χ0n) is 17.3. The normalized spacial score (nSPS) is 16.3. The monoisotopic (exact) mass is 406 g/mol. The molecule has 1 amide bonds. The van der Waals surface area contributed by atoms with Crippen molar-refractivity contribution in [3.05, 3.63) is 54.9 Å². The SMILES string of the molecule is CCOc1ccc(NC(=O)c2cn(-c3cc(N4CCC[C@@H](C)C4)ncn3)cn2)cc1. The molecular formula is C22H26N6O2. The van der Waals surface area contributed by atoms with E-state index in [-0.39, 0.29) is 5.91 Å². The number of carbonyl (C=O) groups is 1. The molecule has 4 rings (SSSR count). The number of nitrogens with one attached hydrogen (secondary N) is 1. The van der Waals surface area contributed by atoms with Gasteiger partial charge in [-0.05, 0) is 49.9 Å². The predicted molar refractivity (Wildman–Crippen MR) is 115 cm³/mol. The van der Waals surface area contributed by atoms with Crippen molar-refractivity contribution in [2.75, 3.05) is 29.9 Å². The Kier molecular flexibility index (Phi) is 5.92. The van der Waals surface area contributed by atoms with Gasteiger partial charge in [0.05, 0.1) is 6.61 Å². The van der Waals surface area contributed by atoms with Crippen LogP contribution in [0.4, 0.5) is 11.5 Å². The van der Waals surface area contributed by atoms with Crippen LogP contribution in [0.2, 0.25) is 0 Å². The first-order valence-corrected chi connectivity index (χ1v) is 10.3. The Hall–Kier alpha value is -3.42. The summed E-state index contributed by atoms with van der Waals surface area (Å²) in [7, 11) is 0. The van der Waals surface area contributed by atoms with Gasteiger partial charge in [0.2, 0.25) is 0 Å². The Bertz CT molecular complexity index is 1000. The van der Waals surface area contributed by atoms with E-state index in [2.05, 4.69) is 32.1 Å². The van der Waals surface area contributed by atoms with E-state index in [0.29, 0.717) is 29.7 Å². The number of aromatic nitrogens is 4. The van der Waals surface area contributed by atoms with Gasteiger partial charge in [-0.2, -0.15) is 0 Å². The fourth-order valence-electron chi connectivity index (χ4n) is 3.61. The predicted octanol–water partition coefficient (Wildman–Crippen LogP) is 3.55. The second kappa shape index (κ2) is 8.94. The van der Waals surface area contributed by atoms with Crippen LogP contribution in [0.15, 0.2) is 49.2 Å². The average molecular weight is 406 g/mol. The first-order valence-electron chi connectivity index (χ1n) is 10.3. The standard InChI is InChI=1S/C22H26N6O2/c1-3-30-18-8-6-17(7-9-18)26-22(29)19-13-28(15-25-19)21-11-20(23-14-24-21)27-10-4-5-16(2)12-27/h6-9,11,13-16H,3-5,10,12H2,1-2H3,(H,26,29)/t16-/m1/s1. The van der Waals surface area contributed by atoms with Crippen molar-refractivity contribution in [2.24, 2.45) is 5.92 Å². The minimum atomic E-state index is -0.281. The Morgan fingerprint density at radius 1 is 1.20 bits per heavy atom. The molecule has 1 N–H and O–H groups in total. The third-order valence-electron chi connectivity index (χ3n) is 5.12. The van der Waals surface area contributed by atoms with Crippen LogP contribution in [0, 0.1) is 5.92 Å². The second-order valence-corrected chi connectivity index (χ2v) is 7.51. The Morgan fingerprint density at radius 2 is 2.00 bits per heavy atom. The first-order chi connectivity index (χ1) is 14.6. The highest BCUT2D eigenvalue weighted by Crippen LogP contribution is 2.22. The minimum absolute atomic E-state index is 0.281. The zero-order chi connectivity index (χ0) is 20.9. The van der Waals surface area contributed by atoms with E-state index in [1.165, 1.54) is 12.8 Å². The van der Waals surface area contributed by atoms with Gasteiger partial charge >= 0.3 is 0 Å². The summed E-state index contributed by atoms with van der Waals surface area (Å²) in [6.45, 7) is 6.79. The van der Waals surface area contributed by atoms with E-state index < -0.39 is 0 Å². The van der Waals surface area contributed by atoms with Crippen LogP contribution >= 0.6 is 0 Å². The number of carbonyl (C=O) groups excluding carboxylic acids is 1. The first kappa shape index (κ1) is 19.9. The number of rotatable bonds is 6. The van der Waals surface area contributed by atoms with Crippen molar-refractivity contribution in [3.8, 4) is 11.6 Å². The highest BCUT2D eigenvalue weighted by atomic mass is 16.5. The fourth-order valence-corrected chi connectivity index (χ4v) is 3.61. The van der Waals surface area contributed by atoms with Crippen LogP contribution in [0.1, 0.15) is 37.2 Å². The van der Waals surface area contributed by atoms with E-state index in [1.54, 1.807) is 35.6 Å². The van der Waals surface area contributed by atoms with E-state index in [4.69, 9.17) is 4.74 Å². The highest BCUT2D eigenvalue weighted by molar-refractivity contribution is 6.02. The van der Waals surface area contributed by atoms with Gasteiger partial charge in [0.1, 0.15) is 35.7 Å². The van der Waals surface area contributed by atoms with Crippen molar-refractivity contribution in [3.63, 3.8) is 0 Å². The molecule has 30 heavy (non-hydrogen) atoms. The lowest BCUT2D eigenvalue weighted by Gasteiger charge is -2.31. The number of hydrogen-bond acceptors (Lipinski definition) is 6. The molecule has 8 heteroatoms. The topological polar surface area (TPSA) is 85.2 Å². The van der Waals surface area contributed by atoms with E-state index >= 15 is 0 Å².